The minimum atomic E-state index is -0.341. The number of hydrogen-bond donors (Lipinski definition) is 0. The Morgan fingerprint density at radius 3 is 2.25 bits per heavy atom. The number of anilines is 1. The highest BCUT2D eigenvalue weighted by Gasteiger charge is 2.29. The van der Waals surface area contributed by atoms with E-state index in [0.29, 0.717) is 30.4 Å². The van der Waals surface area contributed by atoms with E-state index in [1.54, 1.807) is 21.3 Å². The number of esters is 1. The zero-order valence-electron chi connectivity index (χ0n) is 12.1. The van der Waals surface area contributed by atoms with Crippen molar-refractivity contribution in [1.29, 1.82) is 0 Å². The highest BCUT2D eigenvalue weighted by atomic mass is 16.5. The second-order valence-electron chi connectivity index (χ2n) is 4.42. The number of rotatable bonds is 4. The third kappa shape index (κ3) is 2.45. The first-order valence-electron chi connectivity index (χ1n) is 6.35. The summed E-state index contributed by atoms with van der Waals surface area (Å²) in [5, 5.41) is 0. The predicted octanol–water partition coefficient (Wildman–Crippen LogP) is 1.46. The highest BCUT2D eigenvalue weighted by molar-refractivity contribution is 5.81. The Morgan fingerprint density at radius 1 is 1.15 bits per heavy atom. The van der Waals surface area contributed by atoms with Crippen molar-refractivity contribution in [2.75, 3.05) is 39.4 Å². The maximum atomic E-state index is 11.7. The molecule has 1 saturated heterocycles. The maximum Gasteiger partial charge on any atom is 0.328 e. The van der Waals surface area contributed by atoms with Crippen LogP contribution >= 0.6 is 0 Å². The Hall–Kier alpha value is -2.11. The molecule has 0 spiro atoms. The van der Waals surface area contributed by atoms with E-state index in [2.05, 4.69) is 0 Å². The van der Waals surface area contributed by atoms with Crippen molar-refractivity contribution in [3.05, 3.63) is 12.1 Å². The van der Waals surface area contributed by atoms with E-state index in [1.807, 2.05) is 24.0 Å². The molecule has 1 atom stereocenters. The zero-order valence-corrected chi connectivity index (χ0v) is 12.1. The van der Waals surface area contributed by atoms with Crippen molar-refractivity contribution in [3.63, 3.8) is 0 Å². The normalized spacial score (nSPS) is 18.5. The van der Waals surface area contributed by atoms with Gasteiger partial charge in [0, 0.05) is 17.8 Å². The van der Waals surface area contributed by atoms with Crippen LogP contribution < -0.4 is 19.1 Å². The van der Waals surface area contributed by atoms with Crippen LogP contribution in [0.25, 0.3) is 0 Å². The molecule has 0 amide bonds. The summed E-state index contributed by atoms with van der Waals surface area (Å²) in [6.45, 7) is 2.82. The number of methoxy groups -OCH3 is 3. The quantitative estimate of drug-likeness (QED) is 0.779. The Morgan fingerprint density at radius 2 is 1.75 bits per heavy atom. The number of nitrogens with zero attached hydrogens (tertiary/aromatic N) is 1. The van der Waals surface area contributed by atoms with Crippen molar-refractivity contribution in [2.24, 2.45) is 0 Å². The van der Waals surface area contributed by atoms with Gasteiger partial charge in [-0.2, -0.15) is 0 Å². The number of carbonyl (C=O) groups excluding carboxylic acids is 1. The topological polar surface area (TPSA) is 57.2 Å². The highest BCUT2D eigenvalue weighted by Crippen LogP contribution is 2.41. The van der Waals surface area contributed by atoms with Crippen LogP contribution in [-0.4, -0.2) is 46.5 Å². The summed E-state index contributed by atoms with van der Waals surface area (Å²) in [7, 11) is 4.69. The minimum Gasteiger partial charge on any atom is -0.493 e. The van der Waals surface area contributed by atoms with Crippen LogP contribution in [-0.2, 0) is 9.53 Å². The third-order valence-corrected chi connectivity index (χ3v) is 3.37. The standard InChI is InChI=1S/C14H19NO5/c1-9-14(16)20-6-5-15(9)10-7-11(17-2)13(19-4)12(8-10)18-3/h7-9H,5-6H2,1-4H3. The average Bonchev–Trinajstić information content (AvgIpc) is 2.48. The second-order valence-corrected chi connectivity index (χ2v) is 4.42. The molecule has 20 heavy (non-hydrogen) atoms. The van der Waals surface area contributed by atoms with Crippen LogP contribution in [0, 0.1) is 0 Å². The molecule has 6 heteroatoms. The molecule has 1 aromatic carbocycles. The summed E-state index contributed by atoms with van der Waals surface area (Å²) in [4.78, 5) is 13.6. The molecule has 1 aliphatic heterocycles. The molecule has 1 unspecified atom stereocenters. The molecule has 0 N–H and O–H groups in total. The van der Waals surface area contributed by atoms with E-state index < -0.39 is 0 Å². The lowest BCUT2D eigenvalue weighted by atomic mass is 10.1. The Labute approximate surface area is 118 Å². The van der Waals surface area contributed by atoms with Crippen molar-refractivity contribution >= 4 is 11.7 Å². The van der Waals surface area contributed by atoms with Gasteiger partial charge in [-0.3, -0.25) is 0 Å². The lowest BCUT2D eigenvalue weighted by molar-refractivity contribution is -0.147. The molecule has 0 aromatic heterocycles. The molecule has 0 bridgehead atoms. The Balaban J connectivity index is 2.43. The lowest BCUT2D eigenvalue weighted by Gasteiger charge is -2.34. The van der Waals surface area contributed by atoms with E-state index in [4.69, 9.17) is 18.9 Å². The summed E-state index contributed by atoms with van der Waals surface area (Å²) in [5.74, 6) is 1.43. The molecule has 1 heterocycles. The van der Waals surface area contributed by atoms with E-state index in [-0.39, 0.29) is 12.0 Å². The largest absolute Gasteiger partial charge is 0.493 e. The van der Waals surface area contributed by atoms with Gasteiger partial charge in [0.2, 0.25) is 5.75 Å². The van der Waals surface area contributed by atoms with E-state index >= 15 is 0 Å². The molecule has 6 nitrogen and oxygen atoms in total. The lowest BCUT2D eigenvalue weighted by Crippen LogP contribution is -2.47. The number of hydrogen-bond acceptors (Lipinski definition) is 6. The second kappa shape index (κ2) is 5.90. The molecule has 1 aliphatic rings. The number of morpholine rings is 1. The first-order chi connectivity index (χ1) is 9.62. The molecule has 0 saturated carbocycles. The van der Waals surface area contributed by atoms with Gasteiger partial charge in [-0.1, -0.05) is 0 Å². The van der Waals surface area contributed by atoms with Gasteiger partial charge in [0.1, 0.15) is 12.6 Å². The van der Waals surface area contributed by atoms with Crippen LogP contribution in [0.4, 0.5) is 5.69 Å². The van der Waals surface area contributed by atoms with Crippen LogP contribution in [0.15, 0.2) is 12.1 Å². The first kappa shape index (κ1) is 14.3. The summed E-state index contributed by atoms with van der Waals surface area (Å²) >= 11 is 0. The number of ether oxygens (including phenoxy) is 4. The third-order valence-electron chi connectivity index (χ3n) is 3.37. The van der Waals surface area contributed by atoms with Crippen LogP contribution in [0.3, 0.4) is 0 Å². The molecule has 0 aliphatic carbocycles. The number of cyclic esters (lactones) is 1. The molecular formula is C14H19NO5. The number of carbonyl (C=O) groups is 1. The maximum absolute atomic E-state index is 11.7. The summed E-state index contributed by atoms with van der Waals surface area (Å²) in [5.41, 5.74) is 0.837. The average molecular weight is 281 g/mol. The van der Waals surface area contributed by atoms with E-state index in [9.17, 15) is 4.79 Å². The fourth-order valence-electron chi connectivity index (χ4n) is 2.27. The summed E-state index contributed by atoms with van der Waals surface area (Å²) in [6, 6.07) is 3.32. The van der Waals surface area contributed by atoms with Crippen molar-refractivity contribution in [1.82, 2.24) is 0 Å². The SMILES string of the molecule is COc1cc(N2CCOC(=O)C2C)cc(OC)c1OC. The summed E-state index contributed by atoms with van der Waals surface area (Å²) in [6.07, 6.45) is 0. The molecule has 1 fully saturated rings. The molecule has 0 radical (unpaired) electrons. The fourth-order valence-corrected chi connectivity index (χ4v) is 2.27. The van der Waals surface area contributed by atoms with Crippen molar-refractivity contribution in [3.8, 4) is 17.2 Å². The molecule has 110 valence electrons. The van der Waals surface area contributed by atoms with Gasteiger partial charge in [-0.25, -0.2) is 4.79 Å². The van der Waals surface area contributed by atoms with Gasteiger partial charge < -0.3 is 23.8 Å². The Bertz CT molecular complexity index is 477. The van der Waals surface area contributed by atoms with Crippen LogP contribution in [0.5, 0.6) is 17.2 Å². The smallest absolute Gasteiger partial charge is 0.328 e. The van der Waals surface area contributed by atoms with Crippen LogP contribution in [0.1, 0.15) is 6.92 Å². The van der Waals surface area contributed by atoms with Gasteiger partial charge in [0.05, 0.1) is 27.9 Å². The zero-order chi connectivity index (χ0) is 14.7. The molecule has 1 aromatic rings. The van der Waals surface area contributed by atoms with E-state index in [1.165, 1.54) is 0 Å². The van der Waals surface area contributed by atoms with Crippen molar-refractivity contribution in [2.45, 2.75) is 13.0 Å². The van der Waals surface area contributed by atoms with Gasteiger partial charge in [0.15, 0.2) is 11.5 Å². The summed E-state index contributed by atoms with van der Waals surface area (Å²) < 4.78 is 21.0. The number of benzene rings is 1. The fraction of sp³-hybridized carbons (Fsp3) is 0.500. The van der Waals surface area contributed by atoms with Gasteiger partial charge in [0.25, 0.3) is 0 Å². The first-order valence-corrected chi connectivity index (χ1v) is 6.35. The molecule has 2 rings (SSSR count). The predicted molar refractivity (Wildman–Crippen MR) is 73.9 cm³/mol. The van der Waals surface area contributed by atoms with Gasteiger partial charge in [-0.15, -0.1) is 0 Å². The Kier molecular flexibility index (Phi) is 4.22. The van der Waals surface area contributed by atoms with Crippen LogP contribution in [0.2, 0.25) is 0 Å². The van der Waals surface area contributed by atoms with Gasteiger partial charge >= 0.3 is 5.97 Å². The monoisotopic (exact) mass is 281 g/mol. The molecular weight excluding hydrogens is 262 g/mol. The van der Waals surface area contributed by atoms with Crippen molar-refractivity contribution < 1.29 is 23.7 Å². The van der Waals surface area contributed by atoms with Gasteiger partial charge in [-0.05, 0) is 6.92 Å². The van der Waals surface area contributed by atoms with E-state index in [0.717, 1.165) is 5.69 Å². The minimum absolute atomic E-state index is 0.231.